The first-order chi connectivity index (χ1) is 13.7. The monoisotopic (exact) mass is 430 g/mol. The number of rotatable bonds is 10. The molecule has 10 heteroatoms. The van der Waals surface area contributed by atoms with E-state index in [9.17, 15) is 26.4 Å². The van der Waals surface area contributed by atoms with Gasteiger partial charge in [-0.25, -0.2) is 21.6 Å². The van der Waals surface area contributed by atoms with Crippen molar-refractivity contribution in [3.63, 3.8) is 0 Å². The zero-order chi connectivity index (χ0) is 21.4. The summed E-state index contributed by atoms with van der Waals surface area (Å²) in [7, 11) is -3.94. The van der Waals surface area contributed by atoms with Gasteiger partial charge in [-0.1, -0.05) is 6.07 Å². The molecule has 0 radical (unpaired) electrons. The quantitative estimate of drug-likeness (QED) is 0.588. The lowest BCUT2D eigenvalue weighted by Crippen LogP contribution is -2.34. The Morgan fingerprint density at radius 2 is 1.69 bits per heavy atom. The number of carbonyl (C=O) groups excluding carboxylic acids is 1. The first-order valence-corrected chi connectivity index (χ1v) is 10.6. The Balaban J connectivity index is 1.80. The molecule has 6 nitrogen and oxygen atoms in total. The van der Waals surface area contributed by atoms with Crippen LogP contribution in [0.5, 0.6) is 5.75 Å². The van der Waals surface area contributed by atoms with Gasteiger partial charge in [0.15, 0.2) is 11.6 Å². The van der Waals surface area contributed by atoms with Crippen LogP contribution in [0.1, 0.15) is 12.8 Å². The molecule has 0 aliphatic heterocycles. The highest BCUT2D eigenvalue weighted by atomic mass is 32.2. The molecular weight excluding hydrogens is 409 g/mol. The van der Waals surface area contributed by atoms with Gasteiger partial charge in [-0.2, -0.15) is 0 Å². The number of sulfonamides is 1. The molecule has 0 aliphatic rings. The summed E-state index contributed by atoms with van der Waals surface area (Å²) in [6, 6.07) is 8.47. The normalized spacial score (nSPS) is 11.2. The summed E-state index contributed by atoms with van der Waals surface area (Å²) in [4.78, 5) is 11.9. The minimum atomic E-state index is -3.94. The van der Waals surface area contributed by atoms with Crippen molar-refractivity contribution in [1.29, 1.82) is 0 Å². The molecule has 0 spiro atoms. The smallest absolute Gasteiger partial charge is 0.232 e. The molecule has 158 valence electrons. The van der Waals surface area contributed by atoms with Crippen LogP contribution in [0.4, 0.5) is 18.9 Å². The van der Waals surface area contributed by atoms with E-state index in [1.807, 2.05) is 0 Å². The van der Waals surface area contributed by atoms with E-state index in [1.165, 1.54) is 24.3 Å². The number of benzene rings is 2. The highest BCUT2D eigenvalue weighted by Gasteiger charge is 2.24. The summed E-state index contributed by atoms with van der Waals surface area (Å²) in [6.45, 7) is 0.0946. The van der Waals surface area contributed by atoms with Crippen molar-refractivity contribution in [3.05, 3.63) is 59.9 Å². The lowest BCUT2D eigenvalue weighted by molar-refractivity contribution is -0.121. The van der Waals surface area contributed by atoms with Crippen LogP contribution in [0.2, 0.25) is 0 Å². The summed E-state index contributed by atoms with van der Waals surface area (Å²) in [6.07, 6.45) is 0.857. The van der Waals surface area contributed by atoms with Crippen molar-refractivity contribution >= 4 is 21.6 Å². The highest BCUT2D eigenvalue weighted by molar-refractivity contribution is 7.92. The summed E-state index contributed by atoms with van der Waals surface area (Å²) >= 11 is 0. The van der Waals surface area contributed by atoms with Gasteiger partial charge in [0.05, 0.1) is 12.8 Å². The Morgan fingerprint density at radius 1 is 1.07 bits per heavy atom. The number of halogens is 3. The van der Waals surface area contributed by atoms with E-state index >= 15 is 0 Å². The highest BCUT2D eigenvalue weighted by Crippen LogP contribution is 2.25. The fourth-order valence-electron chi connectivity index (χ4n) is 2.53. The van der Waals surface area contributed by atoms with Gasteiger partial charge in [-0.05, 0) is 42.8 Å². The van der Waals surface area contributed by atoms with Crippen molar-refractivity contribution in [2.45, 2.75) is 12.8 Å². The predicted octanol–water partition coefficient (Wildman–Crippen LogP) is 2.85. The molecule has 1 N–H and O–H groups in total. The topological polar surface area (TPSA) is 75.7 Å². The van der Waals surface area contributed by atoms with Gasteiger partial charge < -0.3 is 10.1 Å². The van der Waals surface area contributed by atoms with Gasteiger partial charge in [-0.15, -0.1) is 0 Å². The van der Waals surface area contributed by atoms with E-state index < -0.39 is 27.3 Å². The van der Waals surface area contributed by atoms with Crippen LogP contribution >= 0.6 is 0 Å². The average Bonchev–Trinajstić information content (AvgIpc) is 2.64. The van der Waals surface area contributed by atoms with Crippen LogP contribution in [0.15, 0.2) is 42.5 Å². The molecule has 2 aromatic rings. The minimum Gasteiger partial charge on any atom is -0.492 e. The third-order valence-electron chi connectivity index (χ3n) is 3.86. The second-order valence-electron chi connectivity index (χ2n) is 6.16. The molecule has 0 saturated carbocycles. The standard InChI is InChI=1S/C19H21F3N2O4S/c1-29(26,27)24(19-16(21)4-2-5-17(19)22)12-3-6-18(25)23-11-13-28-15-9-7-14(20)8-10-15/h2,4-5,7-10H,3,6,11-13H2,1H3,(H,23,25). The number of para-hydroxylation sites is 1. The zero-order valence-electron chi connectivity index (χ0n) is 15.7. The van der Waals surface area contributed by atoms with E-state index in [1.54, 1.807) is 0 Å². The van der Waals surface area contributed by atoms with E-state index in [0.29, 0.717) is 10.1 Å². The first kappa shape index (κ1) is 22.5. The summed E-state index contributed by atoms with van der Waals surface area (Å²) in [5.41, 5.74) is -0.664. The van der Waals surface area contributed by atoms with Crippen LogP contribution in [0.3, 0.4) is 0 Å². The first-order valence-electron chi connectivity index (χ1n) is 8.75. The molecule has 0 aromatic heterocycles. The predicted molar refractivity (Wildman–Crippen MR) is 103 cm³/mol. The summed E-state index contributed by atoms with van der Waals surface area (Å²) < 4.78 is 70.4. The van der Waals surface area contributed by atoms with Crippen LogP contribution in [0, 0.1) is 17.5 Å². The molecule has 0 fully saturated rings. The molecule has 0 bridgehead atoms. The lowest BCUT2D eigenvalue weighted by atomic mass is 10.2. The molecule has 2 rings (SSSR count). The number of carbonyl (C=O) groups is 1. The molecule has 0 heterocycles. The van der Waals surface area contributed by atoms with Gasteiger partial charge in [-0.3, -0.25) is 9.10 Å². The Kier molecular flexibility index (Phi) is 7.89. The Labute approximate surface area is 167 Å². The maximum Gasteiger partial charge on any atom is 0.232 e. The number of nitrogens with zero attached hydrogens (tertiary/aromatic N) is 1. The number of anilines is 1. The van der Waals surface area contributed by atoms with Gasteiger partial charge in [0.25, 0.3) is 0 Å². The Hall–Kier alpha value is -2.75. The van der Waals surface area contributed by atoms with Gasteiger partial charge in [0.1, 0.15) is 23.9 Å². The molecule has 29 heavy (non-hydrogen) atoms. The van der Waals surface area contributed by atoms with Crippen molar-refractivity contribution in [1.82, 2.24) is 5.32 Å². The zero-order valence-corrected chi connectivity index (χ0v) is 16.5. The van der Waals surface area contributed by atoms with E-state index in [2.05, 4.69) is 5.32 Å². The number of hydrogen-bond acceptors (Lipinski definition) is 4. The Morgan fingerprint density at radius 3 is 2.28 bits per heavy atom. The molecule has 0 atom stereocenters. The average molecular weight is 430 g/mol. The second kappa shape index (κ2) is 10.1. The molecule has 2 aromatic carbocycles. The van der Waals surface area contributed by atoms with Gasteiger partial charge in [0.2, 0.25) is 15.9 Å². The van der Waals surface area contributed by atoms with Crippen LogP contribution in [-0.4, -0.2) is 40.3 Å². The maximum absolute atomic E-state index is 13.9. The molecule has 1 amide bonds. The van der Waals surface area contributed by atoms with Crippen LogP contribution in [0.25, 0.3) is 0 Å². The fraction of sp³-hybridized carbons (Fsp3) is 0.316. The number of ether oxygens (including phenoxy) is 1. The number of hydrogen-bond donors (Lipinski definition) is 1. The number of amides is 1. The third kappa shape index (κ3) is 6.97. The second-order valence-corrected chi connectivity index (χ2v) is 8.07. The van der Waals surface area contributed by atoms with Gasteiger partial charge >= 0.3 is 0 Å². The Bertz CT molecular complexity index is 917. The molecular formula is C19H21F3N2O4S. The van der Waals surface area contributed by atoms with Gasteiger partial charge in [0, 0.05) is 13.0 Å². The minimum absolute atomic E-state index is 0.0430. The SMILES string of the molecule is CS(=O)(=O)N(CCCC(=O)NCCOc1ccc(F)cc1)c1c(F)cccc1F. The van der Waals surface area contributed by atoms with Crippen molar-refractivity contribution in [2.75, 3.05) is 30.3 Å². The van der Waals surface area contributed by atoms with Crippen molar-refractivity contribution in [2.24, 2.45) is 0 Å². The third-order valence-corrected chi connectivity index (χ3v) is 5.02. The maximum atomic E-state index is 13.9. The van der Waals surface area contributed by atoms with E-state index in [4.69, 9.17) is 4.74 Å². The van der Waals surface area contributed by atoms with Crippen LogP contribution < -0.4 is 14.4 Å². The van der Waals surface area contributed by atoms with Crippen molar-refractivity contribution in [3.8, 4) is 5.75 Å². The van der Waals surface area contributed by atoms with E-state index in [-0.39, 0.29) is 44.3 Å². The van der Waals surface area contributed by atoms with Crippen molar-refractivity contribution < 1.29 is 31.1 Å². The molecule has 0 aliphatic carbocycles. The largest absolute Gasteiger partial charge is 0.492 e. The number of nitrogens with one attached hydrogen (secondary N) is 1. The molecule has 0 saturated heterocycles. The molecule has 0 unspecified atom stereocenters. The lowest BCUT2D eigenvalue weighted by Gasteiger charge is -2.23. The fourth-order valence-corrected chi connectivity index (χ4v) is 3.50. The summed E-state index contributed by atoms with van der Waals surface area (Å²) in [5, 5.41) is 2.59. The summed E-state index contributed by atoms with van der Waals surface area (Å²) in [5.74, 6) is -2.30. The van der Waals surface area contributed by atoms with E-state index in [0.717, 1.165) is 24.5 Å². The van der Waals surface area contributed by atoms with Crippen LogP contribution in [-0.2, 0) is 14.8 Å².